The maximum absolute atomic E-state index is 13.1. The van der Waals surface area contributed by atoms with Gasteiger partial charge in [0.1, 0.15) is 11.6 Å². The van der Waals surface area contributed by atoms with E-state index in [1.807, 2.05) is 25.1 Å². The molecule has 5 nitrogen and oxygen atoms in total. The second-order valence-electron chi connectivity index (χ2n) is 8.20. The topological polar surface area (TPSA) is 77.2 Å². The Morgan fingerprint density at radius 3 is 2.31 bits per heavy atom. The van der Waals surface area contributed by atoms with Crippen molar-refractivity contribution in [2.75, 3.05) is 17.7 Å². The maximum atomic E-state index is 13.1. The van der Waals surface area contributed by atoms with Crippen LogP contribution in [0.4, 0.5) is 24.7 Å². The molecule has 3 aromatic carbocycles. The summed E-state index contributed by atoms with van der Waals surface area (Å²) in [6, 6.07) is 22.4. The van der Waals surface area contributed by atoms with Crippen molar-refractivity contribution in [2.45, 2.75) is 19.5 Å². The molecule has 4 rings (SSSR count). The summed E-state index contributed by atoms with van der Waals surface area (Å²) < 4.78 is 44.6. The van der Waals surface area contributed by atoms with E-state index in [-0.39, 0.29) is 5.91 Å². The second kappa shape index (κ2) is 10.5. The number of rotatable bonds is 7. The van der Waals surface area contributed by atoms with Gasteiger partial charge in [-0.25, -0.2) is 4.98 Å². The van der Waals surface area contributed by atoms with Gasteiger partial charge >= 0.3 is 6.18 Å². The van der Waals surface area contributed by atoms with Crippen LogP contribution in [0.1, 0.15) is 27.2 Å². The smallest absolute Gasteiger partial charge is 0.416 e. The van der Waals surface area contributed by atoms with Crippen LogP contribution in [0.25, 0.3) is 11.1 Å². The Hall–Kier alpha value is -4.33. The van der Waals surface area contributed by atoms with E-state index in [1.54, 1.807) is 42.5 Å². The summed E-state index contributed by atoms with van der Waals surface area (Å²) in [6.45, 7) is 2.23. The van der Waals surface area contributed by atoms with Gasteiger partial charge in [-0.15, -0.1) is 0 Å². The SMILES string of the molecule is Cc1cccc(C(=O)Nc2ccc(OCCc3cccc(N)n3)cc2)c1-c1ccc(C(F)(F)F)cc1. The van der Waals surface area contributed by atoms with Crippen LogP contribution >= 0.6 is 0 Å². The third kappa shape index (κ3) is 6.02. The predicted molar refractivity (Wildman–Crippen MR) is 134 cm³/mol. The Kier molecular flexibility index (Phi) is 7.24. The van der Waals surface area contributed by atoms with Crippen LogP contribution in [0, 0.1) is 6.92 Å². The molecule has 0 saturated carbocycles. The summed E-state index contributed by atoms with van der Waals surface area (Å²) >= 11 is 0. The van der Waals surface area contributed by atoms with Gasteiger partial charge in [0, 0.05) is 23.4 Å². The molecule has 36 heavy (non-hydrogen) atoms. The number of carbonyl (C=O) groups is 1. The van der Waals surface area contributed by atoms with Crippen LogP contribution in [0.5, 0.6) is 5.75 Å². The minimum atomic E-state index is -4.42. The number of pyridine rings is 1. The summed E-state index contributed by atoms with van der Waals surface area (Å²) in [4.78, 5) is 17.3. The van der Waals surface area contributed by atoms with E-state index in [9.17, 15) is 18.0 Å². The largest absolute Gasteiger partial charge is 0.493 e. The molecule has 0 atom stereocenters. The monoisotopic (exact) mass is 491 g/mol. The number of nitrogens with two attached hydrogens (primary N) is 1. The van der Waals surface area contributed by atoms with Crippen molar-refractivity contribution in [1.82, 2.24) is 4.98 Å². The predicted octanol–water partition coefficient (Wildman–Crippen LogP) is 6.53. The highest BCUT2D eigenvalue weighted by Crippen LogP contribution is 2.33. The fraction of sp³-hybridized carbons (Fsp3) is 0.143. The number of nitrogens with one attached hydrogen (secondary N) is 1. The number of hydrogen-bond acceptors (Lipinski definition) is 4. The van der Waals surface area contributed by atoms with Gasteiger partial charge in [-0.1, -0.05) is 30.3 Å². The molecule has 8 heteroatoms. The first-order chi connectivity index (χ1) is 17.2. The Labute approximate surface area is 206 Å². The zero-order valence-corrected chi connectivity index (χ0v) is 19.5. The minimum Gasteiger partial charge on any atom is -0.493 e. The molecule has 1 amide bonds. The molecule has 1 heterocycles. The van der Waals surface area contributed by atoms with Crippen molar-refractivity contribution in [3.63, 3.8) is 0 Å². The number of hydrogen-bond donors (Lipinski definition) is 2. The Morgan fingerprint density at radius 2 is 1.64 bits per heavy atom. The van der Waals surface area contributed by atoms with E-state index >= 15 is 0 Å². The molecule has 0 aliphatic rings. The molecule has 4 aromatic rings. The van der Waals surface area contributed by atoms with E-state index in [0.29, 0.717) is 47.0 Å². The first kappa shape index (κ1) is 24.8. The highest BCUT2D eigenvalue weighted by Gasteiger charge is 2.30. The molecule has 0 bridgehead atoms. The number of aryl methyl sites for hydroxylation is 1. The van der Waals surface area contributed by atoms with Crippen LogP contribution in [0.2, 0.25) is 0 Å². The van der Waals surface area contributed by atoms with E-state index < -0.39 is 11.7 Å². The van der Waals surface area contributed by atoms with Gasteiger partial charge in [0.2, 0.25) is 0 Å². The number of ether oxygens (including phenoxy) is 1. The number of carbonyl (C=O) groups excluding carboxylic acids is 1. The lowest BCUT2D eigenvalue weighted by Crippen LogP contribution is -2.14. The van der Waals surface area contributed by atoms with Crippen molar-refractivity contribution in [3.05, 3.63) is 107 Å². The third-order valence-corrected chi connectivity index (χ3v) is 5.59. The third-order valence-electron chi connectivity index (χ3n) is 5.59. The van der Waals surface area contributed by atoms with E-state index in [2.05, 4.69) is 10.3 Å². The van der Waals surface area contributed by atoms with Crippen LogP contribution in [-0.2, 0) is 12.6 Å². The number of nitrogens with zero attached hydrogens (tertiary/aromatic N) is 1. The van der Waals surface area contributed by atoms with E-state index in [0.717, 1.165) is 23.4 Å². The molecule has 0 saturated heterocycles. The highest BCUT2D eigenvalue weighted by molar-refractivity contribution is 6.09. The Balaban J connectivity index is 1.44. The Bertz CT molecular complexity index is 1350. The van der Waals surface area contributed by atoms with Gasteiger partial charge in [-0.3, -0.25) is 4.79 Å². The summed E-state index contributed by atoms with van der Waals surface area (Å²) in [5.74, 6) is 0.732. The molecular formula is C28H24F3N3O2. The second-order valence-corrected chi connectivity index (χ2v) is 8.20. The number of nitrogen functional groups attached to an aromatic ring is 1. The van der Waals surface area contributed by atoms with Gasteiger partial charge in [-0.05, 0) is 78.2 Å². The number of amides is 1. The fourth-order valence-corrected chi connectivity index (χ4v) is 3.81. The lowest BCUT2D eigenvalue weighted by atomic mass is 9.94. The highest BCUT2D eigenvalue weighted by atomic mass is 19.4. The number of benzene rings is 3. The minimum absolute atomic E-state index is 0.365. The molecular weight excluding hydrogens is 467 g/mol. The zero-order valence-electron chi connectivity index (χ0n) is 19.5. The molecule has 0 fully saturated rings. The molecule has 3 N–H and O–H groups in total. The van der Waals surface area contributed by atoms with Crippen molar-refractivity contribution < 1.29 is 22.7 Å². The van der Waals surface area contributed by atoms with Gasteiger partial charge in [0.25, 0.3) is 5.91 Å². The summed E-state index contributed by atoms with van der Waals surface area (Å²) in [5, 5.41) is 2.85. The van der Waals surface area contributed by atoms with Crippen molar-refractivity contribution in [3.8, 4) is 16.9 Å². The summed E-state index contributed by atoms with van der Waals surface area (Å²) in [6.07, 6.45) is -3.82. The fourth-order valence-electron chi connectivity index (χ4n) is 3.81. The van der Waals surface area contributed by atoms with Gasteiger partial charge < -0.3 is 15.8 Å². The molecule has 0 unspecified atom stereocenters. The van der Waals surface area contributed by atoms with Crippen molar-refractivity contribution >= 4 is 17.4 Å². The molecule has 1 aromatic heterocycles. The average Bonchev–Trinajstić information content (AvgIpc) is 2.84. The molecule has 0 radical (unpaired) electrons. The molecule has 0 aliphatic carbocycles. The van der Waals surface area contributed by atoms with Crippen LogP contribution in [0.3, 0.4) is 0 Å². The molecule has 184 valence electrons. The quantitative estimate of drug-likeness (QED) is 0.308. The average molecular weight is 492 g/mol. The van der Waals surface area contributed by atoms with E-state index in [4.69, 9.17) is 10.5 Å². The van der Waals surface area contributed by atoms with Gasteiger partial charge in [0.15, 0.2) is 0 Å². The number of halogens is 3. The van der Waals surface area contributed by atoms with Gasteiger partial charge in [-0.2, -0.15) is 13.2 Å². The number of alkyl halides is 3. The first-order valence-corrected chi connectivity index (χ1v) is 11.2. The van der Waals surface area contributed by atoms with Gasteiger partial charge in [0.05, 0.1) is 12.2 Å². The summed E-state index contributed by atoms with van der Waals surface area (Å²) in [5.41, 5.74) is 8.60. The lowest BCUT2D eigenvalue weighted by Gasteiger charge is -2.14. The van der Waals surface area contributed by atoms with Crippen LogP contribution in [0.15, 0.2) is 84.9 Å². The van der Waals surface area contributed by atoms with Crippen molar-refractivity contribution in [1.29, 1.82) is 0 Å². The van der Waals surface area contributed by atoms with Crippen molar-refractivity contribution in [2.24, 2.45) is 0 Å². The number of anilines is 2. The standard InChI is InChI=1S/C28H24F3N3O2/c1-18-4-2-6-24(26(18)19-8-10-20(11-9-19)28(29,30)31)27(35)34-22-12-14-23(15-13-22)36-17-16-21-5-3-7-25(32)33-21/h2-15H,16-17H2,1H3,(H2,32,33)(H,34,35). The van der Waals surface area contributed by atoms with Crippen LogP contribution in [-0.4, -0.2) is 17.5 Å². The summed E-state index contributed by atoms with van der Waals surface area (Å²) in [7, 11) is 0. The maximum Gasteiger partial charge on any atom is 0.416 e. The van der Waals surface area contributed by atoms with Crippen LogP contribution < -0.4 is 15.8 Å². The zero-order chi connectivity index (χ0) is 25.7. The number of aromatic nitrogens is 1. The van der Waals surface area contributed by atoms with E-state index in [1.165, 1.54) is 12.1 Å². The normalized spacial score (nSPS) is 11.2. The molecule has 0 spiro atoms. The first-order valence-electron chi connectivity index (χ1n) is 11.2. The Morgan fingerprint density at radius 1 is 0.944 bits per heavy atom. The lowest BCUT2D eigenvalue weighted by molar-refractivity contribution is -0.137. The molecule has 0 aliphatic heterocycles.